The van der Waals surface area contributed by atoms with Gasteiger partial charge in [0.05, 0.1) is 18.8 Å². The molecule has 2 unspecified atom stereocenters. The van der Waals surface area contributed by atoms with E-state index in [2.05, 4.69) is 4.74 Å². The second kappa shape index (κ2) is 6.08. The highest BCUT2D eigenvalue weighted by Crippen LogP contribution is 2.37. The highest BCUT2D eigenvalue weighted by molar-refractivity contribution is 5.96. The summed E-state index contributed by atoms with van der Waals surface area (Å²) in [6, 6.07) is 7.24. The monoisotopic (exact) mass is 303 g/mol. The van der Waals surface area contributed by atoms with Gasteiger partial charge in [-0.1, -0.05) is 0 Å². The zero-order valence-electron chi connectivity index (χ0n) is 13.0. The van der Waals surface area contributed by atoms with Gasteiger partial charge < -0.3 is 14.4 Å². The third-order valence-corrected chi connectivity index (χ3v) is 4.81. The molecule has 3 rings (SSSR count). The topological polar surface area (TPSA) is 55.8 Å². The lowest BCUT2D eigenvalue weighted by molar-refractivity contribution is 0.00820. The van der Waals surface area contributed by atoms with E-state index >= 15 is 0 Å². The average molecular weight is 303 g/mol. The average Bonchev–Trinajstić information content (AvgIpc) is 2.83. The Morgan fingerprint density at radius 2 is 1.55 bits per heavy atom. The van der Waals surface area contributed by atoms with Crippen LogP contribution < -0.4 is 0 Å². The molecule has 0 saturated carbocycles. The van der Waals surface area contributed by atoms with Gasteiger partial charge in [0.15, 0.2) is 0 Å². The van der Waals surface area contributed by atoms with Crippen LogP contribution in [-0.2, 0) is 9.47 Å². The van der Waals surface area contributed by atoms with E-state index in [1.54, 1.807) is 31.4 Å². The maximum Gasteiger partial charge on any atom is 0.337 e. The summed E-state index contributed by atoms with van der Waals surface area (Å²) in [5.41, 5.74) is 1.08. The first kappa shape index (κ1) is 15.0. The van der Waals surface area contributed by atoms with E-state index in [0.717, 1.165) is 25.7 Å². The first-order valence-corrected chi connectivity index (χ1v) is 7.68. The molecule has 2 aliphatic rings. The number of fused-ring (bicyclic) bond motifs is 2. The fourth-order valence-electron chi connectivity index (χ4n) is 3.67. The Morgan fingerprint density at radius 3 is 2.05 bits per heavy atom. The van der Waals surface area contributed by atoms with Crippen molar-refractivity contribution in [1.82, 2.24) is 4.90 Å². The van der Waals surface area contributed by atoms with Gasteiger partial charge in [0.25, 0.3) is 5.91 Å². The maximum atomic E-state index is 12.8. The van der Waals surface area contributed by atoms with Crippen molar-refractivity contribution in [3.8, 4) is 0 Å². The number of piperidine rings is 1. The minimum atomic E-state index is -0.389. The molecule has 1 aromatic carbocycles. The van der Waals surface area contributed by atoms with E-state index < -0.39 is 0 Å². The fourth-order valence-corrected chi connectivity index (χ4v) is 3.67. The summed E-state index contributed by atoms with van der Waals surface area (Å²) in [7, 11) is 3.09. The SMILES string of the molecule is COC(=O)c1ccc(C(=O)N2C3CCC2CC(OC)C3)cc1. The molecule has 1 aromatic rings. The highest BCUT2D eigenvalue weighted by atomic mass is 16.5. The largest absolute Gasteiger partial charge is 0.465 e. The Balaban J connectivity index is 1.76. The number of ether oxygens (including phenoxy) is 2. The van der Waals surface area contributed by atoms with Crippen LogP contribution in [0.5, 0.6) is 0 Å². The van der Waals surface area contributed by atoms with Gasteiger partial charge in [-0.05, 0) is 49.9 Å². The molecule has 5 nitrogen and oxygen atoms in total. The van der Waals surface area contributed by atoms with Crippen LogP contribution in [0.1, 0.15) is 46.4 Å². The predicted molar refractivity (Wildman–Crippen MR) is 80.8 cm³/mol. The molecule has 0 N–H and O–H groups in total. The van der Waals surface area contributed by atoms with Crippen LogP contribution in [0.15, 0.2) is 24.3 Å². The molecule has 2 bridgehead atoms. The minimum absolute atomic E-state index is 0.0541. The lowest BCUT2D eigenvalue weighted by Crippen LogP contribution is -2.48. The number of methoxy groups -OCH3 is 2. The van der Waals surface area contributed by atoms with Gasteiger partial charge in [-0.25, -0.2) is 4.79 Å². The molecule has 0 radical (unpaired) electrons. The van der Waals surface area contributed by atoms with Crippen LogP contribution in [-0.4, -0.2) is 49.2 Å². The smallest absolute Gasteiger partial charge is 0.337 e. The van der Waals surface area contributed by atoms with Crippen molar-refractivity contribution in [3.05, 3.63) is 35.4 Å². The van der Waals surface area contributed by atoms with E-state index in [4.69, 9.17) is 4.74 Å². The molecule has 2 heterocycles. The number of benzene rings is 1. The summed E-state index contributed by atoms with van der Waals surface area (Å²) in [6.07, 6.45) is 4.20. The molecular formula is C17H21NO4. The molecule has 0 aliphatic carbocycles. The van der Waals surface area contributed by atoms with Crippen LogP contribution in [0.4, 0.5) is 0 Å². The van der Waals surface area contributed by atoms with E-state index in [1.807, 2.05) is 4.90 Å². The minimum Gasteiger partial charge on any atom is -0.465 e. The Hall–Kier alpha value is -1.88. The van der Waals surface area contributed by atoms with Gasteiger partial charge in [-0.15, -0.1) is 0 Å². The Morgan fingerprint density at radius 1 is 1.00 bits per heavy atom. The van der Waals surface area contributed by atoms with Gasteiger partial charge in [-0.3, -0.25) is 4.79 Å². The van der Waals surface area contributed by atoms with Crippen molar-refractivity contribution < 1.29 is 19.1 Å². The predicted octanol–water partition coefficient (Wildman–Crippen LogP) is 2.26. The molecule has 118 valence electrons. The summed E-state index contributed by atoms with van der Waals surface area (Å²) in [5.74, 6) is -0.335. The third-order valence-electron chi connectivity index (χ3n) is 4.81. The lowest BCUT2D eigenvalue weighted by atomic mass is 9.98. The molecule has 1 amide bonds. The number of rotatable bonds is 3. The van der Waals surface area contributed by atoms with Gasteiger partial charge in [0.2, 0.25) is 0 Å². The van der Waals surface area contributed by atoms with Gasteiger partial charge in [0.1, 0.15) is 0 Å². The van der Waals surface area contributed by atoms with E-state index in [-0.39, 0.29) is 30.1 Å². The van der Waals surface area contributed by atoms with Gasteiger partial charge in [0, 0.05) is 24.8 Å². The van der Waals surface area contributed by atoms with Crippen LogP contribution in [0.3, 0.4) is 0 Å². The number of carbonyl (C=O) groups is 2. The van der Waals surface area contributed by atoms with Crippen molar-refractivity contribution >= 4 is 11.9 Å². The fraction of sp³-hybridized carbons (Fsp3) is 0.529. The van der Waals surface area contributed by atoms with Gasteiger partial charge in [-0.2, -0.15) is 0 Å². The third kappa shape index (κ3) is 2.61. The number of nitrogens with zero attached hydrogens (tertiary/aromatic N) is 1. The summed E-state index contributed by atoms with van der Waals surface area (Å²) in [6.45, 7) is 0. The van der Waals surface area contributed by atoms with E-state index in [9.17, 15) is 9.59 Å². The van der Waals surface area contributed by atoms with Crippen molar-refractivity contribution in [2.24, 2.45) is 0 Å². The molecular weight excluding hydrogens is 282 g/mol. The van der Waals surface area contributed by atoms with Crippen molar-refractivity contribution in [2.75, 3.05) is 14.2 Å². The lowest BCUT2D eigenvalue weighted by Gasteiger charge is -2.38. The Labute approximate surface area is 130 Å². The number of hydrogen-bond acceptors (Lipinski definition) is 4. The Bertz CT molecular complexity index is 555. The zero-order valence-corrected chi connectivity index (χ0v) is 13.0. The van der Waals surface area contributed by atoms with Crippen LogP contribution in [0.25, 0.3) is 0 Å². The number of carbonyl (C=O) groups excluding carboxylic acids is 2. The molecule has 2 aliphatic heterocycles. The molecule has 0 aromatic heterocycles. The summed E-state index contributed by atoms with van der Waals surface area (Å²) >= 11 is 0. The van der Waals surface area contributed by atoms with Crippen molar-refractivity contribution in [3.63, 3.8) is 0 Å². The highest BCUT2D eigenvalue weighted by Gasteiger charge is 2.43. The Kier molecular flexibility index (Phi) is 4.16. The first-order valence-electron chi connectivity index (χ1n) is 7.68. The van der Waals surface area contributed by atoms with Crippen molar-refractivity contribution in [1.29, 1.82) is 0 Å². The second-order valence-corrected chi connectivity index (χ2v) is 6.00. The summed E-state index contributed by atoms with van der Waals surface area (Å²) in [5, 5.41) is 0. The standard InChI is InChI=1S/C17H21NO4/c1-21-15-9-13-7-8-14(10-15)18(13)16(19)11-3-5-12(6-4-11)17(20)22-2/h3-6,13-15H,7-10H2,1-2H3. The summed E-state index contributed by atoms with van der Waals surface area (Å²) in [4.78, 5) is 26.2. The maximum absolute atomic E-state index is 12.8. The molecule has 22 heavy (non-hydrogen) atoms. The molecule has 2 fully saturated rings. The normalized spacial score (nSPS) is 26.8. The second-order valence-electron chi connectivity index (χ2n) is 6.00. The van der Waals surface area contributed by atoms with Crippen molar-refractivity contribution in [2.45, 2.75) is 43.9 Å². The first-order chi connectivity index (χ1) is 10.6. The molecule has 0 spiro atoms. The van der Waals surface area contributed by atoms with Crippen LogP contribution in [0, 0.1) is 0 Å². The number of amides is 1. The van der Waals surface area contributed by atoms with Crippen LogP contribution in [0.2, 0.25) is 0 Å². The zero-order chi connectivity index (χ0) is 15.7. The molecule has 2 saturated heterocycles. The molecule has 2 atom stereocenters. The number of hydrogen-bond donors (Lipinski definition) is 0. The summed E-state index contributed by atoms with van der Waals surface area (Å²) < 4.78 is 10.1. The van der Waals surface area contributed by atoms with Gasteiger partial charge >= 0.3 is 5.97 Å². The van der Waals surface area contributed by atoms with E-state index in [1.165, 1.54) is 7.11 Å². The van der Waals surface area contributed by atoms with E-state index in [0.29, 0.717) is 11.1 Å². The molecule has 5 heteroatoms. The quantitative estimate of drug-likeness (QED) is 0.804. The van der Waals surface area contributed by atoms with Crippen LogP contribution >= 0.6 is 0 Å². The number of esters is 1.